The zero-order valence-electron chi connectivity index (χ0n) is 15.0. The van der Waals surface area contributed by atoms with Crippen LogP contribution in [0.2, 0.25) is 0 Å². The van der Waals surface area contributed by atoms with Gasteiger partial charge in [-0.05, 0) is 35.6 Å². The summed E-state index contributed by atoms with van der Waals surface area (Å²) in [7, 11) is 5.82. The molecule has 2 amide bonds. The first kappa shape index (κ1) is 19.0. The van der Waals surface area contributed by atoms with E-state index >= 15 is 0 Å². The summed E-state index contributed by atoms with van der Waals surface area (Å²) >= 11 is 1.49. The maximum Gasteiger partial charge on any atom is 0.252 e. The second-order valence-electron chi connectivity index (χ2n) is 6.18. The van der Waals surface area contributed by atoms with Crippen LogP contribution in [-0.4, -0.2) is 44.4 Å². The van der Waals surface area contributed by atoms with Crippen LogP contribution in [0.5, 0.6) is 0 Å². The lowest BCUT2D eigenvalue weighted by atomic mass is 10.2. The molecule has 0 atom stereocenters. The summed E-state index contributed by atoms with van der Waals surface area (Å²) in [4.78, 5) is 27.8. The number of benzene rings is 1. The fourth-order valence-electron chi connectivity index (χ4n) is 2.39. The van der Waals surface area contributed by atoms with Gasteiger partial charge in [0.2, 0.25) is 5.91 Å². The second kappa shape index (κ2) is 9.22. The zero-order chi connectivity index (χ0) is 18.2. The van der Waals surface area contributed by atoms with Crippen molar-refractivity contribution in [3.8, 4) is 0 Å². The quantitative estimate of drug-likeness (QED) is 0.737. The largest absolute Gasteiger partial charge is 0.378 e. The number of carbonyl (C=O) groups is 2. The summed E-state index contributed by atoms with van der Waals surface area (Å²) in [5, 5.41) is 6.53. The maximum atomic E-state index is 12.2. The Labute approximate surface area is 153 Å². The number of thiophene rings is 1. The molecule has 1 aromatic heterocycles. The van der Waals surface area contributed by atoms with Crippen LogP contribution in [0, 0.1) is 0 Å². The average Bonchev–Trinajstić information content (AvgIpc) is 3.13. The summed E-state index contributed by atoms with van der Waals surface area (Å²) in [5.74, 6) is 0.00417. The topological polar surface area (TPSA) is 52.6 Å². The lowest BCUT2D eigenvalue weighted by molar-refractivity contribution is -0.130. The van der Waals surface area contributed by atoms with Gasteiger partial charge >= 0.3 is 0 Å². The Bertz CT molecular complexity index is 681. The molecule has 6 heteroatoms. The highest BCUT2D eigenvalue weighted by molar-refractivity contribution is 7.08. The number of hydrogen-bond acceptors (Lipinski definition) is 4. The standard InChI is InChI=1S/C19H25N3O2S/c1-21(2)17-8-6-15(7-9-17)13-22(3)18(23)5-4-11-20-19(24)16-10-12-25-14-16/h6-10,12,14H,4-5,11,13H2,1-3H3,(H,20,24). The number of amides is 2. The summed E-state index contributed by atoms with van der Waals surface area (Å²) < 4.78 is 0. The monoisotopic (exact) mass is 359 g/mol. The van der Waals surface area contributed by atoms with Crippen LogP contribution >= 0.6 is 11.3 Å². The molecule has 5 nitrogen and oxygen atoms in total. The van der Waals surface area contributed by atoms with Crippen molar-refractivity contribution in [3.63, 3.8) is 0 Å². The van der Waals surface area contributed by atoms with Gasteiger partial charge in [0.1, 0.15) is 0 Å². The Morgan fingerprint density at radius 2 is 1.80 bits per heavy atom. The fraction of sp³-hybridized carbons (Fsp3) is 0.368. The molecule has 1 aromatic carbocycles. The molecule has 0 bridgehead atoms. The van der Waals surface area contributed by atoms with E-state index in [9.17, 15) is 9.59 Å². The third-order valence-corrected chi connectivity index (χ3v) is 4.62. The van der Waals surface area contributed by atoms with Crippen LogP contribution in [0.3, 0.4) is 0 Å². The minimum atomic E-state index is -0.0805. The van der Waals surface area contributed by atoms with Gasteiger partial charge < -0.3 is 15.1 Å². The third kappa shape index (κ3) is 5.90. The van der Waals surface area contributed by atoms with E-state index < -0.39 is 0 Å². The molecule has 2 aromatic rings. The third-order valence-electron chi connectivity index (χ3n) is 3.93. The molecule has 0 unspecified atom stereocenters. The molecule has 0 aliphatic carbocycles. The number of nitrogens with zero attached hydrogens (tertiary/aromatic N) is 2. The zero-order valence-corrected chi connectivity index (χ0v) is 15.8. The summed E-state index contributed by atoms with van der Waals surface area (Å²) in [6.07, 6.45) is 1.06. The molecule has 1 N–H and O–H groups in total. The molecular weight excluding hydrogens is 334 g/mol. The van der Waals surface area contributed by atoms with Crippen LogP contribution in [0.15, 0.2) is 41.1 Å². The van der Waals surface area contributed by atoms with Crippen molar-refractivity contribution in [1.29, 1.82) is 0 Å². The van der Waals surface area contributed by atoms with E-state index in [2.05, 4.69) is 5.32 Å². The minimum Gasteiger partial charge on any atom is -0.378 e. The van der Waals surface area contributed by atoms with E-state index in [4.69, 9.17) is 0 Å². The van der Waals surface area contributed by atoms with Crippen LogP contribution in [0.1, 0.15) is 28.8 Å². The fourth-order valence-corrected chi connectivity index (χ4v) is 3.03. The maximum absolute atomic E-state index is 12.2. The molecule has 1 heterocycles. The van der Waals surface area contributed by atoms with Crippen LogP contribution in [0.4, 0.5) is 5.69 Å². The van der Waals surface area contributed by atoms with Gasteiger partial charge in [0.05, 0.1) is 0 Å². The van der Waals surface area contributed by atoms with Gasteiger partial charge in [-0.2, -0.15) is 11.3 Å². The van der Waals surface area contributed by atoms with Gasteiger partial charge in [0.15, 0.2) is 0 Å². The van der Waals surface area contributed by atoms with Crippen molar-refractivity contribution in [2.75, 3.05) is 32.6 Å². The molecule has 0 aliphatic heterocycles. The first-order valence-electron chi connectivity index (χ1n) is 8.28. The highest BCUT2D eigenvalue weighted by Gasteiger charge is 2.10. The van der Waals surface area contributed by atoms with Crippen LogP contribution < -0.4 is 10.2 Å². The Hall–Kier alpha value is -2.34. The Kier molecular flexibility index (Phi) is 7.01. The Balaban J connectivity index is 1.70. The predicted molar refractivity (Wildman–Crippen MR) is 103 cm³/mol. The van der Waals surface area contributed by atoms with Gasteiger partial charge in [0.25, 0.3) is 5.91 Å². The van der Waals surface area contributed by atoms with Crippen LogP contribution in [0.25, 0.3) is 0 Å². The summed E-state index contributed by atoms with van der Waals surface area (Å²) in [6.45, 7) is 1.10. The lowest BCUT2D eigenvalue weighted by Gasteiger charge is -2.18. The number of rotatable bonds is 8. The van der Waals surface area contributed by atoms with Crippen molar-refractivity contribution in [2.45, 2.75) is 19.4 Å². The van der Waals surface area contributed by atoms with Gasteiger partial charge in [0, 0.05) is 57.3 Å². The molecule has 0 saturated carbocycles. The first-order valence-corrected chi connectivity index (χ1v) is 9.22. The Morgan fingerprint density at radius 1 is 1.08 bits per heavy atom. The first-order chi connectivity index (χ1) is 12.0. The van der Waals surface area contributed by atoms with E-state index in [1.807, 2.05) is 61.1 Å². The smallest absolute Gasteiger partial charge is 0.252 e. The van der Waals surface area contributed by atoms with E-state index in [0.717, 1.165) is 11.3 Å². The van der Waals surface area contributed by atoms with Gasteiger partial charge in [-0.15, -0.1) is 0 Å². The van der Waals surface area contributed by atoms with Crippen molar-refractivity contribution in [1.82, 2.24) is 10.2 Å². The molecular formula is C19H25N3O2S. The highest BCUT2D eigenvalue weighted by atomic mass is 32.1. The summed E-state index contributed by atoms with van der Waals surface area (Å²) in [5.41, 5.74) is 2.92. The van der Waals surface area contributed by atoms with Gasteiger partial charge in [-0.1, -0.05) is 12.1 Å². The van der Waals surface area contributed by atoms with E-state index in [1.54, 1.807) is 11.0 Å². The highest BCUT2D eigenvalue weighted by Crippen LogP contribution is 2.13. The number of hydrogen-bond donors (Lipinski definition) is 1. The molecule has 0 saturated heterocycles. The predicted octanol–water partition coefficient (Wildman–Crippen LogP) is 2.98. The molecule has 2 rings (SSSR count). The lowest BCUT2D eigenvalue weighted by Crippen LogP contribution is -2.28. The minimum absolute atomic E-state index is 0.0805. The van der Waals surface area contributed by atoms with Crippen molar-refractivity contribution in [3.05, 3.63) is 52.2 Å². The number of carbonyl (C=O) groups excluding carboxylic acids is 2. The molecule has 0 radical (unpaired) electrons. The number of anilines is 1. The molecule has 0 fully saturated rings. The normalized spacial score (nSPS) is 10.4. The molecule has 25 heavy (non-hydrogen) atoms. The van der Waals surface area contributed by atoms with Gasteiger partial charge in [-0.3, -0.25) is 9.59 Å². The summed E-state index contributed by atoms with van der Waals surface area (Å²) in [6, 6.07) is 9.97. The molecule has 0 aliphatic rings. The SMILES string of the molecule is CN(Cc1ccc(N(C)C)cc1)C(=O)CCCNC(=O)c1ccsc1. The molecule has 134 valence electrons. The van der Waals surface area contributed by atoms with E-state index in [0.29, 0.717) is 31.5 Å². The number of nitrogens with one attached hydrogen (secondary N) is 1. The van der Waals surface area contributed by atoms with Crippen molar-refractivity contribution in [2.24, 2.45) is 0 Å². The van der Waals surface area contributed by atoms with E-state index in [-0.39, 0.29) is 11.8 Å². The molecule has 0 spiro atoms. The average molecular weight is 359 g/mol. The van der Waals surface area contributed by atoms with Gasteiger partial charge in [-0.25, -0.2) is 0 Å². The second-order valence-corrected chi connectivity index (χ2v) is 6.96. The van der Waals surface area contributed by atoms with Crippen molar-refractivity contribution < 1.29 is 9.59 Å². The van der Waals surface area contributed by atoms with Crippen LogP contribution in [-0.2, 0) is 11.3 Å². The van der Waals surface area contributed by atoms with Crippen molar-refractivity contribution >= 4 is 28.8 Å². The van der Waals surface area contributed by atoms with E-state index in [1.165, 1.54) is 11.3 Å². The Morgan fingerprint density at radius 3 is 2.40 bits per heavy atom.